The van der Waals surface area contributed by atoms with Crippen LogP contribution < -0.4 is 10.1 Å². The first kappa shape index (κ1) is 21.5. The zero-order valence-corrected chi connectivity index (χ0v) is 18.7. The van der Waals surface area contributed by atoms with Crippen LogP contribution in [-0.2, 0) is 14.9 Å². The first-order valence-corrected chi connectivity index (χ1v) is 11.4. The molecule has 1 saturated carbocycles. The van der Waals surface area contributed by atoms with Crippen LogP contribution >= 0.6 is 23.2 Å². The Kier molecular flexibility index (Phi) is 6.57. The van der Waals surface area contributed by atoms with E-state index >= 15 is 0 Å². The normalized spacial score (nSPS) is 18.9. The van der Waals surface area contributed by atoms with Gasteiger partial charge in [0.15, 0.2) is 0 Å². The molecule has 2 fully saturated rings. The lowest BCUT2D eigenvalue weighted by Crippen LogP contribution is -2.45. The van der Waals surface area contributed by atoms with E-state index in [1.165, 1.54) is 12.8 Å². The molecular formula is C24H27Cl2NO3. The van der Waals surface area contributed by atoms with Gasteiger partial charge in [-0.1, -0.05) is 29.3 Å². The van der Waals surface area contributed by atoms with E-state index in [1.807, 2.05) is 31.2 Å². The highest BCUT2D eigenvalue weighted by Gasteiger charge is 2.43. The van der Waals surface area contributed by atoms with Crippen molar-refractivity contribution in [2.75, 3.05) is 18.5 Å². The highest BCUT2D eigenvalue weighted by atomic mass is 35.5. The van der Waals surface area contributed by atoms with Gasteiger partial charge in [0.25, 0.3) is 0 Å². The lowest BCUT2D eigenvalue weighted by atomic mass is 9.73. The fourth-order valence-electron chi connectivity index (χ4n) is 4.51. The molecule has 0 atom stereocenters. The SMILES string of the molecule is Cc1cc(NC(=O)C2(c3ccc(Cl)cc3Cl)CCOCC2)ccc1OC1CCCC1. The predicted octanol–water partition coefficient (Wildman–Crippen LogP) is 6.31. The molecule has 4 nitrogen and oxygen atoms in total. The topological polar surface area (TPSA) is 47.6 Å². The Balaban J connectivity index is 1.56. The highest BCUT2D eigenvalue weighted by molar-refractivity contribution is 6.35. The molecule has 2 aromatic carbocycles. The minimum Gasteiger partial charge on any atom is -0.490 e. The Morgan fingerprint density at radius 2 is 1.83 bits per heavy atom. The van der Waals surface area contributed by atoms with E-state index in [9.17, 15) is 4.79 Å². The van der Waals surface area contributed by atoms with E-state index in [1.54, 1.807) is 12.1 Å². The molecule has 0 aromatic heterocycles. The molecule has 1 amide bonds. The predicted molar refractivity (Wildman–Crippen MR) is 121 cm³/mol. The average molecular weight is 448 g/mol. The van der Waals surface area contributed by atoms with Crippen LogP contribution in [0.4, 0.5) is 5.69 Å². The number of hydrogen-bond acceptors (Lipinski definition) is 3. The van der Waals surface area contributed by atoms with Crippen molar-refractivity contribution in [3.8, 4) is 5.75 Å². The van der Waals surface area contributed by atoms with Gasteiger partial charge in [-0.3, -0.25) is 4.79 Å². The second-order valence-corrected chi connectivity index (χ2v) is 9.12. The molecule has 0 bridgehead atoms. The summed E-state index contributed by atoms with van der Waals surface area (Å²) in [7, 11) is 0. The number of aryl methyl sites for hydroxylation is 1. The zero-order chi connectivity index (χ0) is 21.1. The molecule has 2 aromatic rings. The van der Waals surface area contributed by atoms with Crippen LogP contribution in [0.3, 0.4) is 0 Å². The summed E-state index contributed by atoms with van der Waals surface area (Å²) in [5.74, 6) is 0.820. The number of rotatable bonds is 5. The third kappa shape index (κ3) is 4.46. The molecule has 30 heavy (non-hydrogen) atoms. The lowest BCUT2D eigenvalue weighted by molar-refractivity contribution is -0.125. The van der Waals surface area contributed by atoms with Gasteiger partial charge in [0.2, 0.25) is 5.91 Å². The zero-order valence-electron chi connectivity index (χ0n) is 17.2. The van der Waals surface area contributed by atoms with Gasteiger partial charge in [0, 0.05) is 28.9 Å². The van der Waals surface area contributed by atoms with E-state index in [-0.39, 0.29) is 5.91 Å². The highest BCUT2D eigenvalue weighted by Crippen LogP contribution is 2.41. The summed E-state index contributed by atoms with van der Waals surface area (Å²) in [4.78, 5) is 13.5. The minimum atomic E-state index is -0.743. The van der Waals surface area contributed by atoms with E-state index < -0.39 is 5.41 Å². The lowest BCUT2D eigenvalue weighted by Gasteiger charge is -2.37. The summed E-state index contributed by atoms with van der Waals surface area (Å²) in [6.45, 7) is 3.04. The fraction of sp³-hybridized carbons (Fsp3) is 0.458. The van der Waals surface area contributed by atoms with Crippen molar-refractivity contribution < 1.29 is 14.3 Å². The Labute approximate surface area is 187 Å². The second-order valence-electron chi connectivity index (χ2n) is 8.28. The Morgan fingerprint density at radius 1 is 1.10 bits per heavy atom. The van der Waals surface area contributed by atoms with E-state index in [4.69, 9.17) is 32.7 Å². The molecule has 0 spiro atoms. The van der Waals surface area contributed by atoms with Crippen LogP contribution in [0.5, 0.6) is 5.75 Å². The molecule has 1 aliphatic heterocycles. The van der Waals surface area contributed by atoms with Gasteiger partial charge in [-0.2, -0.15) is 0 Å². The molecule has 1 N–H and O–H groups in total. The van der Waals surface area contributed by atoms with Crippen LogP contribution in [0, 0.1) is 6.92 Å². The average Bonchev–Trinajstić information content (AvgIpc) is 3.24. The molecule has 160 valence electrons. The smallest absolute Gasteiger partial charge is 0.235 e. The number of anilines is 1. The van der Waals surface area contributed by atoms with Crippen molar-refractivity contribution in [3.63, 3.8) is 0 Å². The van der Waals surface area contributed by atoms with Gasteiger partial charge in [0.1, 0.15) is 5.75 Å². The maximum Gasteiger partial charge on any atom is 0.235 e. The van der Waals surface area contributed by atoms with Gasteiger partial charge >= 0.3 is 0 Å². The Morgan fingerprint density at radius 3 is 2.50 bits per heavy atom. The summed E-state index contributed by atoms with van der Waals surface area (Å²) in [6, 6.07) is 11.2. The van der Waals surface area contributed by atoms with Crippen LogP contribution in [0.2, 0.25) is 10.0 Å². The second kappa shape index (κ2) is 9.17. The van der Waals surface area contributed by atoms with Gasteiger partial charge in [0.05, 0.1) is 11.5 Å². The molecule has 0 unspecified atom stereocenters. The maximum absolute atomic E-state index is 13.5. The van der Waals surface area contributed by atoms with Crippen molar-refractivity contribution >= 4 is 34.8 Å². The van der Waals surface area contributed by atoms with Gasteiger partial charge in [-0.05, 0) is 86.9 Å². The van der Waals surface area contributed by atoms with Crippen molar-refractivity contribution in [3.05, 3.63) is 57.6 Å². The minimum absolute atomic E-state index is 0.0705. The molecule has 4 rings (SSSR count). The summed E-state index contributed by atoms with van der Waals surface area (Å²) < 4.78 is 11.7. The van der Waals surface area contributed by atoms with Crippen LogP contribution in [0.15, 0.2) is 36.4 Å². The summed E-state index contributed by atoms with van der Waals surface area (Å²) in [5, 5.41) is 4.18. The van der Waals surface area contributed by atoms with Gasteiger partial charge in [-0.15, -0.1) is 0 Å². The summed E-state index contributed by atoms with van der Waals surface area (Å²) in [5.41, 5.74) is 1.83. The molecule has 1 aliphatic carbocycles. The van der Waals surface area contributed by atoms with Crippen molar-refractivity contribution in [1.29, 1.82) is 0 Å². The number of carbonyl (C=O) groups excluding carboxylic acids is 1. The number of carbonyl (C=O) groups is 1. The number of amides is 1. The quantitative estimate of drug-likeness (QED) is 0.583. The molecule has 6 heteroatoms. The maximum atomic E-state index is 13.5. The van der Waals surface area contributed by atoms with Crippen molar-refractivity contribution in [1.82, 2.24) is 0 Å². The molecule has 2 aliphatic rings. The standard InChI is InChI=1S/C24H27Cl2NO3/c1-16-14-18(7-9-22(16)30-19-4-2-3-5-19)27-23(28)24(10-12-29-13-11-24)20-8-6-17(25)15-21(20)26/h6-9,14-15,19H,2-5,10-13H2,1H3,(H,27,28). The number of ether oxygens (including phenoxy) is 2. The van der Waals surface area contributed by atoms with Crippen LogP contribution in [-0.4, -0.2) is 25.2 Å². The fourth-order valence-corrected chi connectivity index (χ4v) is 5.10. The Hall–Kier alpha value is -1.75. The molecule has 0 radical (unpaired) electrons. The third-order valence-electron chi connectivity index (χ3n) is 6.26. The van der Waals surface area contributed by atoms with Gasteiger partial charge in [-0.25, -0.2) is 0 Å². The number of nitrogens with one attached hydrogen (secondary N) is 1. The van der Waals surface area contributed by atoms with E-state index in [0.29, 0.717) is 42.2 Å². The summed E-state index contributed by atoms with van der Waals surface area (Å²) >= 11 is 12.6. The molecular weight excluding hydrogens is 421 g/mol. The van der Waals surface area contributed by atoms with E-state index in [2.05, 4.69) is 5.32 Å². The third-order valence-corrected chi connectivity index (χ3v) is 6.80. The largest absolute Gasteiger partial charge is 0.490 e. The first-order chi connectivity index (χ1) is 14.5. The molecule has 1 heterocycles. The Bertz CT molecular complexity index is 919. The molecule has 1 saturated heterocycles. The van der Waals surface area contributed by atoms with Crippen LogP contribution in [0.1, 0.15) is 49.7 Å². The first-order valence-electron chi connectivity index (χ1n) is 10.6. The number of halogens is 2. The van der Waals surface area contributed by atoms with Crippen molar-refractivity contribution in [2.45, 2.75) is 57.0 Å². The summed E-state index contributed by atoms with van der Waals surface area (Å²) in [6.07, 6.45) is 6.15. The van der Waals surface area contributed by atoms with Gasteiger partial charge < -0.3 is 14.8 Å². The van der Waals surface area contributed by atoms with Crippen LogP contribution in [0.25, 0.3) is 0 Å². The monoisotopic (exact) mass is 447 g/mol. The number of hydrogen-bond donors (Lipinski definition) is 1. The number of benzene rings is 2. The van der Waals surface area contributed by atoms with E-state index in [0.717, 1.165) is 35.4 Å². The van der Waals surface area contributed by atoms with Crippen molar-refractivity contribution in [2.24, 2.45) is 0 Å².